The molecule has 0 saturated heterocycles. The summed E-state index contributed by atoms with van der Waals surface area (Å²) < 4.78 is 32.1. The lowest BCUT2D eigenvalue weighted by atomic mass is 10.0. The Kier molecular flexibility index (Phi) is 11.9. The molecule has 0 aromatic heterocycles. The van der Waals surface area contributed by atoms with Crippen LogP contribution in [0.5, 0.6) is 5.75 Å². The maximum Gasteiger partial charge on any atom is 0.244 e. The van der Waals surface area contributed by atoms with Gasteiger partial charge in [0.05, 0.1) is 19.1 Å². The molecule has 0 radical (unpaired) electrons. The van der Waals surface area contributed by atoms with Crippen molar-refractivity contribution in [2.75, 3.05) is 30.8 Å². The average molecular weight is 621 g/mol. The van der Waals surface area contributed by atoms with Crippen LogP contribution in [0.1, 0.15) is 30.9 Å². The second-order valence-electron chi connectivity index (χ2n) is 9.58. The lowest BCUT2D eigenvalue weighted by Crippen LogP contribution is -2.53. The average Bonchev–Trinajstić information content (AvgIpc) is 2.94. The van der Waals surface area contributed by atoms with E-state index in [0.29, 0.717) is 27.9 Å². The number of ether oxygens (including phenoxy) is 1. The van der Waals surface area contributed by atoms with Crippen molar-refractivity contribution in [2.24, 2.45) is 0 Å². The molecule has 0 spiro atoms. The third-order valence-corrected chi connectivity index (χ3v) is 8.20. The van der Waals surface area contributed by atoms with Crippen LogP contribution in [-0.2, 0) is 32.6 Å². The van der Waals surface area contributed by atoms with Crippen molar-refractivity contribution in [2.45, 2.75) is 38.8 Å². The van der Waals surface area contributed by atoms with E-state index in [9.17, 15) is 18.0 Å². The second kappa shape index (κ2) is 15.1. The summed E-state index contributed by atoms with van der Waals surface area (Å²) in [5.74, 6) is -0.477. The number of nitrogens with one attached hydrogen (secondary N) is 1. The number of carbonyl (C=O) groups is 2. The summed E-state index contributed by atoms with van der Waals surface area (Å²) in [5, 5.41) is 3.70. The van der Waals surface area contributed by atoms with Gasteiger partial charge in [-0.25, -0.2) is 8.42 Å². The van der Waals surface area contributed by atoms with Gasteiger partial charge in [0.15, 0.2) is 0 Å². The van der Waals surface area contributed by atoms with Gasteiger partial charge in [0.25, 0.3) is 0 Å². The quantitative estimate of drug-likeness (QED) is 0.246. The summed E-state index contributed by atoms with van der Waals surface area (Å²) in [7, 11) is -2.42. The highest BCUT2D eigenvalue weighted by Gasteiger charge is 2.33. The number of benzene rings is 3. The first-order valence-corrected chi connectivity index (χ1v) is 15.8. The first-order valence-electron chi connectivity index (χ1n) is 13.2. The third kappa shape index (κ3) is 9.38. The zero-order valence-electron chi connectivity index (χ0n) is 23.3. The van der Waals surface area contributed by atoms with Crippen LogP contribution in [0.25, 0.3) is 0 Å². The van der Waals surface area contributed by atoms with Crippen LogP contribution >= 0.6 is 23.2 Å². The van der Waals surface area contributed by atoms with Gasteiger partial charge in [0.1, 0.15) is 18.3 Å². The SMILES string of the molecule is CCCCNC(=O)[C@@H](Cc1ccccc1)N(Cc1ccc(Cl)cc1Cl)C(=O)CN(c1cccc(OC)c1)S(C)(=O)=O. The van der Waals surface area contributed by atoms with Crippen molar-refractivity contribution < 1.29 is 22.7 Å². The summed E-state index contributed by atoms with van der Waals surface area (Å²) in [6.45, 7) is 1.89. The zero-order valence-corrected chi connectivity index (χ0v) is 25.7. The van der Waals surface area contributed by atoms with E-state index >= 15 is 0 Å². The summed E-state index contributed by atoms with van der Waals surface area (Å²) >= 11 is 12.6. The van der Waals surface area contributed by atoms with E-state index in [4.69, 9.17) is 27.9 Å². The van der Waals surface area contributed by atoms with Crippen molar-refractivity contribution >= 4 is 50.7 Å². The number of nitrogens with zero attached hydrogens (tertiary/aromatic N) is 2. The van der Waals surface area contributed by atoms with Crippen LogP contribution in [-0.4, -0.2) is 57.6 Å². The van der Waals surface area contributed by atoms with Gasteiger partial charge in [-0.05, 0) is 41.8 Å². The number of amides is 2. The van der Waals surface area contributed by atoms with Crippen LogP contribution in [0.2, 0.25) is 10.0 Å². The van der Waals surface area contributed by atoms with Crippen molar-refractivity contribution in [3.8, 4) is 5.75 Å². The Morgan fingerprint density at radius 3 is 2.37 bits per heavy atom. The normalized spacial score (nSPS) is 11.9. The van der Waals surface area contributed by atoms with Gasteiger partial charge in [0, 0.05) is 35.6 Å². The molecule has 220 valence electrons. The van der Waals surface area contributed by atoms with Gasteiger partial charge in [-0.3, -0.25) is 13.9 Å². The Bertz CT molecular complexity index is 1440. The van der Waals surface area contributed by atoms with Gasteiger partial charge in [-0.15, -0.1) is 0 Å². The van der Waals surface area contributed by atoms with E-state index in [0.717, 1.165) is 29.0 Å². The molecule has 3 aromatic rings. The molecule has 1 atom stereocenters. The third-order valence-electron chi connectivity index (χ3n) is 6.48. The Balaban J connectivity index is 2.07. The molecular weight excluding hydrogens is 585 g/mol. The number of anilines is 1. The van der Waals surface area contributed by atoms with Crippen molar-refractivity contribution in [1.82, 2.24) is 10.2 Å². The van der Waals surface area contributed by atoms with Gasteiger partial charge in [-0.1, -0.05) is 79.0 Å². The second-order valence-corrected chi connectivity index (χ2v) is 12.3. The number of rotatable bonds is 14. The Morgan fingerprint density at radius 2 is 1.73 bits per heavy atom. The molecule has 0 fully saturated rings. The summed E-state index contributed by atoms with van der Waals surface area (Å²) in [6, 6.07) is 19.7. The molecule has 11 heteroatoms. The van der Waals surface area contributed by atoms with Crippen LogP contribution in [0.15, 0.2) is 72.8 Å². The molecule has 0 aliphatic rings. The predicted octanol–water partition coefficient (Wildman–Crippen LogP) is 5.32. The maximum absolute atomic E-state index is 14.1. The molecule has 0 bridgehead atoms. The Morgan fingerprint density at radius 1 is 1.00 bits per heavy atom. The fourth-order valence-corrected chi connectivity index (χ4v) is 5.58. The van der Waals surface area contributed by atoms with E-state index in [1.54, 1.807) is 36.4 Å². The van der Waals surface area contributed by atoms with Gasteiger partial charge < -0.3 is 15.0 Å². The minimum Gasteiger partial charge on any atom is -0.497 e. The highest BCUT2D eigenvalue weighted by molar-refractivity contribution is 7.92. The summed E-state index contributed by atoms with van der Waals surface area (Å²) in [6.07, 6.45) is 2.90. The first kappa shape index (κ1) is 32.2. The van der Waals surface area contributed by atoms with Gasteiger partial charge in [-0.2, -0.15) is 0 Å². The highest BCUT2D eigenvalue weighted by atomic mass is 35.5. The zero-order chi connectivity index (χ0) is 30.0. The van der Waals surface area contributed by atoms with E-state index in [1.807, 2.05) is 37.3 Å². The number of hydrogen-bond acceptors (Lipinski definition) is 5. The molecule has 3 aromatic carbocycles. The van der Waals surface area contributed by atoms with Crippen LogP contribution in [0.3, 0.4) is 0 Å². The molecule has 1 N–H and O–H groups in total. The molecule has 8 nitrogen and oxygen atoms in total. The molecule has 0 aliphatic carbocycles. The van der Waals surface area contributed by atoms with E-state index in [2.05, 4.69) is 5.32 Å². The summed E-state index contributed by atoms with van der Waals surface area (Å²) in [4.78, 5) is 29.1. The number of hydrogen-bond donors (Lipinski definition) is 1. The lowest BCUT2D eigenvalue weighted by molar-refractivity contribution is -0.140. The monoisotopic (exact) mass is 619 g/mol. The number of carbonyl (C=O) groups excluding carboxylic acids is 2. The molecular formula is C30H35Cl2N3O5S. The number of halogens is 2. The fraction of sp³-hybridized carbons (Fsp3) is 0.333. The van der Waals surface area contributed by atoms with E-state index < -0.39 is 28.5 Å². The molecule has 0 heterocycles. The largest absolute Gasteiger partial charge is 0.497 e. The first-order chi connectivity index (χ1) is 19.5. The van der Waals surface area contributed by atoms with Crippen LogP contribution in [0, 0.1) is 0 Å². The molecule has 0 aliphatic heterocycles. The Labute approximate surface area is 252 Å². The number of sulfonamides is 1. The topological polar surface area (TPSA) is 96.0 Å². The molecule has 41 heavy (non-hydrogen) atoms. The predicted molar refractivity (Wildman–Crippen MR) is 164 cm³/mol. The Hall–Kier alpha value is -3.27. The molecule has 3 rings (SSSR count). The van der Waals surface area contributed by atoms with Crippen molar-refractivity contribution in [1.29, 1.82) is 0 Å². The van der Waals surface area contributed by atoms with E-state index in [1.165, 1.54) is 18.1 Å². The summed E-state index contributed by atoms with van der Waals surface area (Å²) in [5.41, 5.74) is 1.67. The molecule has 2 amide bonds. The fourth-order valence-electron chi connectivity index (χ4n) is 4.27. The number of methoxy groups -OCH3 is 1. The lowest BCUT2D eigenvalue weighted by Gasteiger charge is -2.33. The highest BCUT2D eigenvalue weighted by Crippen LogP contribution is 2.26. The standard InChI is InChI=1S/C30H35Cl2N3O5S/c1-4-5-16-33-30(37)28(17-22-10-7-6-8-11-22)34(20-23-14-15-24(31)18-27(23)32)29(36)21-35(41(3,38)39)25-12-9-13-26(19-25)40-2/h6-15,18-19,28H,4-5,16-17,20-21H2,1-3H3,(H,33,37)/t28-/m1/s1. The van der Waals surface area contributed by atoms with E-state index in [-0.39, 0.29) is 24.6 Å². The van der Waals surface area contributed by atoms with Gasteiger partial charge in [0.2, 0.25) is 21.8 Å². The van der Waals surface area contributed by atoms with Crippen LogP contribution in [0.4, 0.5) is 5.69 Å². The number of unbranched alkanes of at least 4 members (excludes halogenated alkanes) is 1. The van der Waals surface area contributed by atoms with Crippen molar-refractivity contribution in [3.05, 3.63) is 94.0 Å². The minimum absolute atomic E-state index is 0.0384. The molecule has 0 unspecified atom stereocenters. The van der Waals surface area contributed by atoms with Crippen molar-refractivity contribution in [3.63, 3.8) is 0 Å². The smallest absolute Gasteiger partial charge is 0.244 e. The molecule has 0 saturated carbocycles. The maximum atomic E-state index is 14.1. The van der Waals surface area contributed by atoms with Gasteiger partial charge >= 0.3 is 0 Å². The van der Waals surface area contributed by atoms with Crippen LogP contribution < -0.4 is 14.4 Å². The minimum atomic E-state index is -3.89.